The number of thiazole rings is 1. The normalized spacial score (nSPS) is 10.6. The van der Waals surface area contributed by atoms with E-state index in [1.54, 1.807) is 31.5 Å². The molecule has 4 aromatic rings. The second-order valence-corrected chi connectivity index (χ2v) is 7.72. The summed E-state index contributed by atoms with van der Waals surface area (Å²) in [6.45, 7) is 2.40. The van der Waals surface area contributed by atoms with E-state index in [0.717, 1.165) is 21.8 Å². The first-order valence-corrected chi connectivity index (χ1v) is 10.8. The molecule has 0 unspecified atom stereocenters. The van der Waals surface area contributed by atoms with Gasteiger partial charge in [-0.1, -0.05) is 11.6 Å². The highest BCUT2D eigenvalue weighted by Gasteiger charge is 2.17. The zero-order chi connectivity index (χ0) is 21.6. The number of halogens is 1. The summed E-state index contributed by atoms with van der Waals surface area (Å²) in [4.78, 5) is 30.0. The van der Waals surface area contributed by atoms with E-state index in [9.17, 15) is 4.79 Å². The van der Waals surface area contributed by atoms with Crippen LogP contribution >= 0.6 is 22.9 Å². The predicted octanol–water partition coefficient (Wildman–Crippen LogP) is 5.10. The van der Waals surface area contributed by atoms with Crippen LogP contribution < -0.4 is 5.32 Å². The number of hydrogen-bond acceptors (Lipinski definition) is 8. The highest BCUT2D eigenvalue weighted by molar-refractivity contribution is 7.13. The number of hydrogen-bond donors (Lipinski definition) is 1. The Hall–Kier alpha value is -3.36. The third-order valence-corrected chi connectivity index (χ3v) is 5.48. The summed E-state index contributed by atoms with van der Waals surface area (Å²) in [5.41, 5.74) is 2.83. The molecule has 0 saturated carbocycles. The fourth-order valence-electron chi connectivity index (χ4n) is 2.80. The summed E-state index contributed by atoms with van der Waals surface area (Å²) in [5.74, 6) is 0.373. The van der Waals surface area contributed by atoms with Crippen molar-refractivity contribution in [2.75, 3.05) is 11.9 Å². The lowest BCUT2D eigenvalue weighted by Gasteiger charge is -2.11. The van der Waals surface area contributed by atoms with Crippen LogP contribution in [0.2, 0.25) is 5.02 Å². The number of esters is 1. The van der Waals surface area contributed by atoms with Gasteiger partial charge in [0.25, 0.3) is 0 Å². The Labute approximate surface area is 188 Å². The van der Waals surface area contributed by atoms with Crippen LogP contribution in [0.3, 0.4) is 0 Å². The molecule has 0 spiro atoms. The first-order chi connectivity index (χ1) is 15.1. The minimum absolute atomic E-state index is 0.262. The molecule has 0 aliphatic rings. The van der Waals surface area contributed by atoms with Crippen LogP contribution in [0.4, 0.5) is 5.82 Å². The van der Waals surface area contributed by atoms with Gasteiger partial charge in [-0.15, -0.1) is 11.3 Å². The number of benzene rings is 1. The van der Waals surface area contributed by atoms with Crippen molar-refractivity contribution < 1.29 is 9.53 Å². The molecular formula is C22H18ClN5O2S. The van der Waals surface area contributed by atoms with E-state index in [1.165, 1.54) is 17.5 Å². The van der Waals surface area contributed by atoms with Gasteiger partial charge in [-0.2, -0.15) is 0 Å². The van der Waals surface area contributed by atoms with Gasteiger partial charge < -0.3 is 10.1 Å². The molecule has 0 bridgehead atoms. The topological polar surface area (TPSA) is 89.9 Å². The average Bonchev–Trinajstić information content (AvgIpc) is 3.28. The zero-order valence-electron chi connectivity index (χ0n) is 16.6. The zero-order valence-corrected chi connectivity index (χ0v) is 18.2. The van der Waals surface area contributed by atoms with Crippen LogP contribution in [0, 0.1) is 0 Å². The molecule has 9 heteroatoms. The highest BCUT2D eigenvalue weighted by atomic mass is 35.5. The summed E-state index contributed by atoms with van der Waals surface area (Å²) in [7, 11) is 0. The third-order valence-electron chi connectivity index (χ3n) is 4.28. The lowest BCUT2D eigenvalue weighted by Crippen LogP contribution is -2.13. The van der Waals surface area contributed by atoms with E-state index < -0.39 is 5.97 Å². The number of nitrogens with one attached hydrogen (secondary N) is 1. The first-order valence-electron chi connectivity index (χ1n) is 9.53. The molecule has 7 nitrogen and oxygen atoms in total. The summed E-state index contributed by atoms with van der Waals surface area (Å²) in [6.07, 6.45) is 4.97. The number of carbonyl (C=O) groups is 1. The number of rotatable bonds is 7. The van der Waals surface area contributed by atoms with Gasteiger partial charge in [0.1, 0.15) is 16.4 Å². The van der Waals surface area contributed by atoms with Gasteiger partial charge in [0, 0.05) is 40.1 Å². The molecule has 0 radical (unpaired) electrons. The summed E-state index contributed by atoms with van der Waals surface area (Å²) in [6, 6.07) is 11.0. The van der Waals surface area contributed by atoms with Crippen molar-refractivity contribution in [2.45, 2.75) is 13.5 Å². The summed E-state index contributed by atoms with van der Waals surface area (Å²) < 4.78 is 5.15. The Bertz CT molecular complexity index is 1180. The van der Waals surface area contributed by atoms with E-state index in [-0.39, 0.29) is 12.2 Å². The summed E-state index contributed by atoms with van der Waals surface area (Å²) in [5, 5.41) is 6.66. The number of ether oxygens (including phenoxy) is 1. The van der Waals surface area contributed by atoms with Crippen LogP contribution in [0.25, 0.3) is 22.0 Å². The quantitative estimate of drug-likeness (QED) is 0.390. The molecule has 0 amide bonds. The van der Waals surface area contributed by atoms with Gasteiger partial charge in [0.05, 0.1) is 18.8 Å². The fourth-order valence-corrected chi connectivity index (χ4v) is 3.73. The minimum Gasteiger partial charge on any atom is -0.462 e. The SMILES string of the molecule is CCOC(=O)c1cnc(-c2ccc(Cl)cc2)nc1NCc1csc(-c2cccnc2)n1. The van der Waals surface area contributed by atoms with Crippen LogP contribution in [-0.4, -0.2) is 32.5 Å². The van der Waals surface area contributed by atoms with Crippen molar-refractivity contribution in [1.29, 1.82) is 0 Å². The number of nitrogens with zero attached hydrogens (tertiary/aromatic N) is 4. The van der Waals surface area contributed by atoms with E-state index in [1.807, 2.05) is 29.6 Å². The molecule has 0 aliphatic carbocycles. The largest absolute Gasteiger partial charge is 0.462 e. The number of aromatic nitrogens is 4. The lowest BCUT2D eigenvalue weighted by atomic mass is 10.2. The van der Waals surface area contributed by atoms with Crippen molar-refractivity contribution in [3.8, 4) is 22.0 Å². The van der Waals surface area contributed by atoms with Crippen LogP contribution in [0.15, 0.2) is 60.4 Å². The molecule has 156 valence electrons. The van der Waals surface area contributed by atoms with E-state index >= 15 is 0 Å². The first kappa shape index (κ1) is 20.9. The third kappa shape index (κ3) is 5.04. The minimum atomic E-state index is -0.484. The second-order valence-electron chi connectivity index (χ2n) is 6.42. The molecule has 4 rings (SSSR count). The van der Waals surface area contributed by atoms with Crippen LogP contribution in [0.5, 0.6) is 0 Å². The molecule has 0 saturated heterocycles. The Morgan fingerprint density at radius 1 is 1.13 bits per heavy atom. The van der Waals surface area contributed by atoms with Gasteiger partial charge >= 0.3 is 5.97 Å². The van der Waals surface area contributed by atoms with Crippen molar-refractivity contribution in [3.05, 3.63) is 76.6 Å². The Balaban J connectivity index is 1.59. The van der Waals surface area contributed by atoms with Gasteiger partial charge in [0.2, 0.25) is 0 Å². The van der Waals surface area contributed by atoms with Crippen LogP contribution in [0.1, 0.15) is 23.0 Å². The maximum Gasteiger partial charge on any atom is 0.343 e. The maximum atomic E-state index is 12.4. The van der Waals surface area contributed by atoms with Crippen LogP contribution in [-0.2, 0) is 11.3 Å². The molecule has 0 fully saturated rings. The molecule has 0 aliphatic heterocycles. The van der Waals surface area contributed by atoms with E-state index in [0.29, 0.717) is 23.2 Å². The highest BCUT2D eigenvalue weighted by Crippen LogP contribution is 2.25. The Kier molecular flexibility index (Phi) is 6.49. The molecular weight excluding hydrogens is 434 g/mol. The number of carbonyl (C=O) groups excluding carboxylic acids is 1. The molecule has 3 aromatic heterocycles. The fraction of sp³-hybridized carbons (Fsp3) is 0.136. The van der Waals surface area contributed by atoms with E-state index in [4.69, 9.17) is 16.3 Å². The van der Waals surface area contributed by atoms with Gasteiger partial charge in [0.15, 0.2) is 5.82 Å². The standard InChI is InChI=1S/C22H18ClN5O2S/c1-2-30-22(29)18-12-26-19(14-5-7-16(23)8-6-14)28-20(18)25-11-17-13-31-21(27-17)15-4-3-9-24-10-15/h3-10,12-13H,2,11H2,1H3,(H,25,26,28). The van der Waals surface area contributed by atoms with Gasteiger partial charge in [-0.25, -0.2) is 19.7 Å². The Morgan fingerprint density at radius 3 is 2.71 bits per heavy atom. The lowest BCUT2D eigenvalue weighted by molar-refractivity contribution is 0.0526. The van der Waals surface area contributed by atoms with Crippen molar-refractivity contribution in [3.63, 3.8) is 0 Å². The molecule has 3 heterocycles. The van der Waals surface area contributed by atoms with E-state index in [2.05, 4.69) is 25.3 Å². The van der Waals surface area contributed by atoms with Crippen molar-refractivity contribution in [1.82, 2.24) is 19.9 Å². The maximum absolute atomic E-state index is 12.4. The van der Waals surface area contributed by atoms with Gasteiger partial charge in [-0.3, -0.25) is 4.98 Å². The monoisotopic (exact) mass is 451 g/mol. The molecule has 31 heavy (non-hydrogen) atoms. The molecule has 1 N–H and O–H groups in total. The van der Waals surface area contributed by atoms with Crippen molar-refractivity contribution in [2.24, 2.45) is 0 Å². The molecule has 0 atom stereocenters. The summed E-state index contributed by atoms with van der Waals surface area (Å²) >= 11 is 7.50. The molecule has 1 aromatic carbocycles. The predicted molar refractivity (Wildman–Crippen MR) is 121 cm³/mol. The number of pyridine rings is 1. The number of anilines is 1. The average molecular weight is 452 g/mol. The second kappa shape index (κ2) is 9.63. The Morgan fingerprint density at radius 2 is 1.97 bits per heavy atom. The van der Waals surface area contributed by atoms with Gasteiger partial charge in [-0.05, 0) is 43.3 Å². The smallest absolute Gasteiger partial charge is 0.343 e. The van der Waals surface area contributed by atoms with Crippen molar-refractivity contribution >= 4 is 34.7 Å².